The minimum Gasteiger partial charge on any atom is -0.377 e. The van der Waals surface area contributed by atoms with Gasteiger partial charge in [-0.3, -0.25) is 0 Å². The van der Waals surface area contributed by atoms with Crippen molar-refractivity contribution in [2.24, 2.45) is 0 Å². The standard InChI is InChI=1S/C15H24N2O3S/c1-16-12-13-6-8-15(9-7-13)21(18,19)17-10-11-20-14-4-2-3-5-14/h6-9,14,16-17H,2-5,10-12H2,1H3. The largest absolute Gasteiger partial charge is 0.377 e. The zero-order chi connectivity index (χ0) is 15.1. The molecule has 0 spiro atoms. The van der Waals surface area contributed by atoms with Crippen LogP contribution in [-0.4, -0.2) is 34.7 Å². The molecule has 1 aliphatic carbocycles. The fourth-order valence-electron chi connectivity index (χ4n) is 2.53. The number of rotatable bonds is 8. The van der Waals surface area contributed by atoms with Gasteiger partial charge in [-0.1, -0.05) is 25.0 Å². The van der Waals surface area contributed by atoms with Gasteiger partial charge < -0.3 is 10.1 Å². The summed E-state index contributed by atoms with van der Waals surface area (Å²) in [5, 5.41) is 3.03. The Balaban J connectivity index is 1.80. The number of hydrogen-bond donors (Lipinski definition) is 2. The minimum atomic E-state index is -3.44. The number of nitrogens with one attached hydrogen (secondary N) is 2. The van der Waals surface area contributed by atoms with E-state index in [4.69, 9.17) is 4.74 Å². The molecule has 2 rings (SSSR count). The zero-order valence-electron chi connectivity index (χ0n) is 12.5. The lowest BCUT2D eigenvalue weighted by atomic mass is 10.2. The van der Waals surface area contributed by atoms with E-state index in [0.717, 1.165) is 24.9 Å². The second-order valence-electron chi connectivity index (χ2n) is 5.35. The SMILES string of the molecule is CNCc1ccc(S(=O)(=O)NCCOC2CCCC2)cc1. The molecule has 5 nitrogen and oxygen atoms in total. The van der Waals surface area contributed by atoms with Gasteiger partial charge in [-0.15, -0.1) is 0 Å². The Bertz CT molecular complexity index is 522. The molecule has 0 heterocycles. The molecule has 118 valence electrons. The first-order valence-corrected chi connectivity index (χ1v) is 8.95. The maximum Gasteiger partial charge on any atom is 0.240 e. The minimum absolute atomic E-state index is 0.295. The van der Waals surface area contributed by atoms with E-state index in [1.54, 1.807) is 12.1 Å². The molecule has 21 heavy (non-hydrogen) atoms. The van der Waals surface area contributed by atoms with Crippen LogP contribution in [-0.2, 0) is 21.3 Å². The van der Waals surface area contributed by atoms with Crippen LogP contribution in [0.2, 0.25) is 0 Å². The Morgan fingerprint density at radius 2 is 1.86 bits per heavy atom. The summed E-state index contributed by atoms with van der Waals surface area (Å²) >= 11 is 0. The van der Waals surface area contributed by atoms with E-state index < -0.39 is 10.0 Å². The van der Waals surface area contributed by atoms with E-state index in [1.165, 1.54) is 12.8 Å². The van der Waals surface area contributed by atoms with Gasteiger partial charge in [0.15, 0.2) is 0 Å². The van der Waals surface area contributed by atoms with Crippen molar-refractivity contribution in [3.8, 4) is 0 Å². The average Bonchev–Trinajstić information content (AvgIpc) is 2.98. The monoisotopic (exact) mass is 312 g/mol. The maximum absolute atomic E-state index is 12.1. The van der Waals surface area contributed by atoms with E-state index in [9.17, 15) is 8.42 Å². The van der Waals surface area contributed by atoms with Crippen molar-refractivity contribution in [3.63, 3.8) is 0 Å². The van der Waals surface area contributed by atoms with Crippen LogP contribution >= 0.6 is 0 Å². The van der Waals surface area contributed by atoms with Crippen LogP contribution in [0.15, 0.2) is 29.2 Å². The van der Waals surface area contributed by atoms with E-state index in [0.29, 0.717) is 24.2 Å². The van der Waals surface area contributed by atoms with E-state index in [-0.39, 0.29) is 0 Å². The van der Waals surface area contributed by atoms with Gasteiger partial charge in [0, 0.05) is 13.1 Å². The number of sulfonamides is 1. The first kappa shape index (κ1) is 16.4. The lowest BCUT2D eigenvalue weighted by Crippen LogP contribution is -2.28. The lowest BCUT2D eigenvalue weighted by molar-refractivity contribution is 0.0626. The predicted molar refractivity (Wildman–Crippen MR) is 82.6 cm³/mol. The first-order chi connectivity index (χ1) is 10.1. The van der Waals surface area contributed by atoms with E-state index >= 15 is 0 Å². The molecule has 2 N–H and O–H groups in total. The van der Waals surface area contributed by atoms with E-state index in [2.05, 4.69) is 10.0 Å². The van der Waals surface area contributed by atoms with Gasteiger partial charge in [-0.05, 0) is 37.6 Å². The van der Waals surface area contributed by atoms with Gasteiger partial charge in [0.1, 0.15) is 0 Å². The molecule has 0 aliphatic heterocycles. The van der Waals surface area contributed by atoms with Gasteiger partial charge >= 0.3 is 0 Å². The molecule has 0 radical (unpaired) electrons. The Labute approximate surface area is 127 Å². The summed E-state index contributed by atoms with van der Waals surface area (Å²) in [5.41, 5.74) is 1.06. The molecule has 1 fully saturated rings. The van der Waals surface area contributed by atoms with Gasteiger partial charge in [-0.2, -0.15) is 0 Å². The van der Waals surface area contributed by atoms with Crippen LogP contribution in [0, 0.1) is 0 Å². The molecule has 0 aromatic heterocycles. The van der Waals surface area contributed by atoms with Crippen LogP contribution in [0.3, 0.4) is 0 Å². The van der Waals surface area contributed by atoms with Crippen LogP contribution < -0.4 is 10.0 Å². The summed E-state index contributed by atoms with van der Waals surface area (Å²) in [5.74, 6) is 0. The molecule has 1 aromatic rings. The third-order valence-electron chi connectivity index (χ3n) is 3.66. The molecular formula is C15H24N2O3S. The van der Waals surface area contributed by atoms with Crippen molar-refractivity contribution >= 4 is 10.0 Å². The van der Waals surface area contributed by atoms with Gasteiger partial charge in [0.25, 0.3) is 0 Å². The Morgan fingerprint density at radius 3 is 2.48 bits per heavy atom. The summed E-state index contributed by atoms with van der Waals surface area (Å²) < 4.78 is 32.5. The highest BCUT2D eigenvalue weighted by Crippen LogP contribution is 2.20. The predicted octanol–water partition coefficient (Wildman–Crippen LogP) is 1.64. The molecule has 1 aromatic carbocycles. The molecule has 0 atom stereocenters. The summed E-state index contributed by atoms with van der Waals surface area (Å²) in [6.45, 7) is 1.47. The third kappa shape index (κ3) is 5.07. The van der Waals surface area contributed by atoms with Crippen molar-refractivity contribution in [2.45, 2.75) is 43.2 Å². The second-order valence-corrected chi connectivity index (χ2v) is 7.12. The zero-order valence-corrected chi connectivity index (χ0v) is 13.3. The molecule has 0 amide bonds. The lowest BCUT2D eigenvalue weighted by Gasteiger charge is -2.12. The Morgan fingerprint density at radius 1 is 1.19 bits per heavy atom. The number of ether oxygens (including phenoxy) is 1. The van der Waals surface area contributed by atoms with Crippen molar-refractivity contribution < 1.29 is 13.2 Å². The first-order valence-electron chi connectivity index (χ1n) is 7.46. The van der Waals surface area contributed by atoms with Crippen LogP contribution in [0.1, 0.15) is 31.2 Å². The summed E-state index contributed by atoms with van der Waals surface area (Å²) in [7, 11) is -1.58. The van der Waals surface area contributed by atoms with Gasteiger partial charge in [-0.25, -0.2) is 13.1 Å². The molecule has 6 heteroatoms. The molecule has 1 aliphatic rings. The van der Waals surface area contributed by atoms with Crippen molar-refractivity contribution in [1.82, 2.24) is 10.0 Å². The summed E-state index contributed by atoms with van der Waals surface area (Å²) in [6, 6.07) is 6.90. The highest BCUT2D eigenvalue weighted by Gasteiger charge is 2.16. The maximum atomic E-state index is 12.1. The van der Waals surface area contributed by atoms with Crippen molar-refractivity contribution in [3.05, 3.63) is 29.8 Å². The second kappa shape index (κ2) is 7.89. The van der Waals surface area contributed by atoms with Crippen LogP contribution in [0.5, 0.6) is 0 Å². The van der Waals surface area contributed by atoms with Gasteiger partial charge in [0.05, 0.1) is 17.6 Å². The topological polar surface area (TPSA) is 67.4 Å². The average molecular weight is 312 g/mol. The Hall–Kier alpha value is -0.950. The molecule has 1 saturated carbocycles. The normalized spacial score (nSPS) is 16.4. The third-order valence-corrected chi connectivity index (χ3v) is 5.14. The number of hydrogen-bond acceptors (Lipinski definition) is 4. The fraction of sp³-hybridized carbons (Fsp3) is 0.600. The molecule has 0 saturated heterocycles. The van der Waals surface area contributed by atoms with Gasteiger partial charge in [0.2, 0.25) is 10.0 Å². The fourth-order valence-corrected chi connectivity index (χ4v) is 3.54. The van der Waals surface area contributed by atoms with Crippen molar-refractivity contribution in [2.75, 3.05) is 20.2 Å². The summed E-state index contributed by atoms with van der Waals surface area (Å²) in [6.07, 6.45) is 4.94. The Kier molecular flexibility index (Phi) is 6.17. The molecular weight excluding hydrogens is 288 g/mol. The smallest absolute Gasteiger partial charge is 0.240 e. The van der Waals surface area contributed by atoms with Crippen LogP contribution in [0.25, 0.3) is 0 Å². The quantitative estimate of drug-likeness (QED) is 0.716. The highest BCUT2D eigenvalue weighted by atomic mass is 32.2. The number of benzene rings is 1. The highest BCUT2D eigenvalue weighted by molar-refractivity contribution is 7.89. The molecule has 0 bridgehead atoms. The van der Waals surface area contributed by atoms with E-state index in [1.807, 2.05) is 19.2 Å². The summed E-state index contributed by atoms with van der Waals surface area (Å²) in [4.78, 5) is 0.295. The van der Waals surface area contributed by atoms with Crippen LogP contribution in [0.4, 0.5) is 0 Å². The van der Waals surface area contributed by atoms with Crippen molar-refractivity contribution in [1.29, 1.82) is 0 Å². The molecule has 0 unspecified atom stereocenters.